The number of amides is 12. The Labute approximate surface area is 644 Å². The molecule has 25 nitrogen and oxygen atoms in total. The molecule has 29 heteroatoms. The number of fused-ring (bicyclic) bond motifs is 1. The van der Waals surface area contributed by atoms with Crippen molar-refractivity contribution >= 4 is 82.5 Å². The van der Waals surface area contributed by atoms with Crippen LogP contribution in [0.4, 0.5) is 13.2 Å². The summed E-state index contributed by atoms with van der Waals surface area (Å²) in [6, 6.07) is -9.56. The number of alkyl halides is 4. The lowest BCUT2D eigenvalue weighted by Crippen LogP contribution is -2.66. The zero-order valence-corrected chi connectivity index (χ0v) is 67.5. The molecule has 0 bridgehead atoms. The average molecular weight is 1550 g/mol. The van der Waals surface area contributed by atoms with Gasteiger partial charge in [-0.2, -0.15) is 13.2 Å². The van der Waals surface area contributed by atoms with Gasteiger partial charge in [0.15, 0.2) is 0 Å². The minimum absolute atomic E-state index is 0.00874. The smallest absolute Gasteiger partial charge is 0.343 e. The van der Waals surface area contributed by atoms with Gasteiger partial charge in [0.1, 0.15) is 53.9 Å². The summed E-state index contributed by atoms with van der Waals surface area (Å²) in [5.41, 5.74) is -1.60. The Morgan fingerprint density at radius 3 is 1.76 bits per heavy atom. The first kappa shape index (κ1) is 87.3. The van der Waals surface area contributed by atoms with E-state index in [2.05, 4.69) is 28.2 Å². The second-order valence-corrected chi connectivity index (χ2v) is 34.7. The predicted molar refractivity (Wildman–Crippen MR) is 404 cm³/mol. The molecule has 4 saturated carbocycles. The number of nitrogens with one attached hydrogen (secondary N) is 4. The molecule has 8 aliphatic rings. The molecular weight excluding hydrogens is 1420 g/mol. The summed E-state index contributed by atoms with van der Waals surface area (Å²) in [6.45, 7) is 9.81. The topological polar surface area (TPSA) is 282 Å². The van der Waals surface area contributed by atoms with E-state index in [1.807, 2.05) is 20.8 Å². The molecule has 4 N–H and O–H groups in total. The van der Waals surface area contributed by atoms with E-state index in [-0.39, 0.29) is 107 Å². The molecule has 4 heterocycles. The third-order valence-electron chi connectivity index (χ3n) is 25.8. The van der Waals surface area contributed by atoms with Crippen molar-refractivity contribution in [2.45, 2.75) is 299 Å². The molecule has 4 aliphatic heterocycles. The van der Waals surface area contributed by atoms with Gasteiger partial charge in [0.2, 0.25) is 70.9 Å². The first-order chi connectivity index (χ1) is 51.1. The van der Waals surface area contributed by atoms with Crippen LogP contribution in [-0.4, -0.2) is 275 Å². The molecule has 14 atom stereocenters. The minimum Gasteiger partial charge on any atom is -0.343 e. The van der Waals surface area contributed by atoms with Gasteiger partial charge in [0, 0.05) is 80.4 Å². The fraction of sp³-hybridized carbons (Fsp3) is 0.848. The predicted octanol–water partition coefficient (Wildman–Crippen LogP) is 7.24. The number of carbonyl (C=O) groups excluding carboxylic acids is 12. The van der Waals surface area contributed by atoms with E-state index < -0.39 is 174 Å². The first-order valence-electron chi connectivity index (χ1n) is 40.8. The lowest BCUT2D eigenvalue weighted by atomic mass is 9.78. The molecule has 5 unspecified atom stereocenters. The van der Waals surface area contributed by atoms with Gasteiger partial charge in [-0.3, -0.25) is 57.5 Å². The number of carbonyl (C=O) groups is 12. The van der Waals surface area contributed by atoms with Crippen LogP contribution in [-0.2, 0) is 57.5 Å². The van der Waals surface area contributed by atoms with Crippen molar-refractivity contribution in [3.05, 3.63) is 0 Å². The largest absolute Gasteiger partial charge is 0.393 e. The summed E-state index contributed by atoms with van der Waals surface area (Å²) in [5.74, 6) is -10.6. The van der Waals surface area contributed by atoms with Crippen molar-refractivity contribution in [3.63, 3.8) is 0 Å². The van der Waals surface area contributed by atoms with Crippen LogP contribution in [0.2, 0.25) is 0 Å². The number of rotatable bonds is 13. The summed E-state index contributed by atoms with van der Waals surface area (Å²) in [7, 11) is 10.3. The Morgan fingerprint density at radius 1 is 0.574 bits per heavy atom. The van der Waals surface area contributed by atoms with Gasteiger partial charge < -0.3 is 65.4 Å². The Hall–Kier alpha value is -6.32. The van der Waals surface area contributed by atoms with Crippen LogP contribution in [0.1, 0.15) is 227 Å². The Balaban J connectivity index is 1.20. The number of nitrogens with zero attached hydrogens (tertiary/aromatic N) is 9. The highest BCUT2D eigenvalue weighted by Gasteiger charge is 2.53. The lowest BCUT2D eigenvalue weighted by molar-refractivity contribution is -0.182. The monoisotopic (exact) mass is 1540 g/mol. The minimum atomic E-state index is -4.52. The van der Waals surface area contributed by atoms with Gasteiger partial charge in [0.05, 0.1) is 25.4 Å². The maximum Gasteiger partial charge on any atom is 0.393 e. The molecule has 4 aliphatic carbocycles. The summed E-state index contributed by atoms with van der Waals surface area (Å²) in [6.07, 6.45) is 9.07. The fourth-order valence-corrected chi connectivity index (χ4v) is 19.0. The molecule has 0 aromatic heterocycles. The molecule has 108 heavy (non-hydrogen) atoms. The molecule has 0 radical (unpaired) electrons. The summed E-state index contributed by atoms with van der Waals surface area (Å²) in [5, 5.41) is 11.3. The number of hydrogen-bond donors (Lipinski definition) is 4. The van der Waals surface area contributed by atoms with Crippen molar-refractivity contribution in [3.8, 4) is 0 Å². The van der Waals surface area contributed by atoms with Crippen LogP contribution in [0, 0.1) is 41.4 Å². The van der Waals surface area contributed by atoms with Crippen molar-refractivity contribution in [2.75, 3.05) is 88.6 Å². The normalized spacial score (nSPS) is 31.6. The zero-order chi connectivity index (χ0) is 79.2. The summed E-state index contributed by atoms with van der Waals surface area (Å²) in [4.78, 5) is 195. The highest BCUT2D eigenvalue weighted by atomic mass is 35.5. The van der Waals surface area contributed by atoms with Gasteiger partial charge in [-0.15, -0.1) is 11.6 Å². The van der Waals surface area contributed by atoms with Crippen molar-refractivity contribution < 1.29 is 70.7 Å². The molecular formula is C79H129ClF3N13O12. The van der Waals surface area contributed by atoms with E-state index in [1.54, 1.807) is 18.9 Å². The van der Waals surface area contributed by atoms with Crippen LogP contribution < -0.4 is 21.3 Å². The van der Waals surface area contributed by atoms with Crippen molar-refractivity contribution in [2.24, 2.45) is 41.4 Å². The second kappa shape index (κ2) is 39.2. The van der Waals surface area contributed by atoms with Gasteiger partial charge >= 0.3 is 6.18 Å². The Morgan fingerprint density at radius 2 is 1.18 bits per heavy atom. The van der Waals surface area contributed by atoms with E-state index in [9.17, 15) is 32.3 Å². The van der Waals surface area contributed by atoms with Crippen LogP contribution in [0.15, 0.2) is 0 Å². The average Bonchev–Trinajstić information content (AvgIpc) is 1.26. The maximum absolute atomic E-state index is 16.1. The number of likely N-dealkylation sites (tertiary alicyclic amines) is 1. The van der Waals surface area contributed by atoms with Gasteiger partial charge in [-0.25, -0.2) is 0 Å². The second-order valence-electron chi connectivity index (χ2n) is 34.1. The summed E-state index contributed by atoms with van der Waals surface area (Å²) >= 11 is 6.49. The van der Waals surface area contributed by atoms with E-state index in [0.29, 0.717) is 71.0 Å². The standard InChI is InChI=1S/C79H129ClF3N13O12/c1-13-50(4)67-75(106)89(7)48-66(99)96-40-35-59(96)73(104)92(10)62(43-52-25-17-14-18-26-52)72(103)88(6)47-64(97)85-58(34-32-53-31-33-56(57(80)42-53)79(81,82)83)71(102)91(9)61(44-54-30-29-51(5)84-46-54)70(101)87-78(36-21-22-37-78)77(108)94(12)68(55-27-19-15-20-28-55)76(107)93(11)63(74(105)95-38-23-16-24-39-95)45-65(98)90(8)60(41-49(2)3)69(100)86-67/h49-63,67-68,84H,13-48H2,1-12H3,(H,85,97)(H,86,100)(H,87,101)/t50-,51?,53?,54?,56?,57?,58-,59-,60-,61-,62-,63-,67-,68-/m0/s1. The van der Waals surface area contributed by atoms with Crippen LogP contribution in [0.5, 0.6) is 0 Å². The highest BCUT2D eigenvalue weighted by molar-refractivity contribution is 6.21. The maximum atomic E-state index is 16.1. The number of halogens is 4. The van der Waals surface area contributed by atoms with E-state index >= 15 is 38.4 Å². The van der Waals surface area contributed by atoms with Crippen LogP contribution in [0.3, 0.4) is 0 Å². The molecule has 12 amide bonds. The molecule has 8 rings (SSSR count). The number of piperidine rings is 2. The molecule has 610 valence electrons. The zero-order valence-electron chi connectivity index (χ0n) is 66.7. The molecule has 1 spiro atoms. The highest BCUT2D eigenvalue weighted by Crippen LogP contribution is 2.44. The Kier molecular flexibility index (Phi) is 31.7. The first-order valence-corrected chi connectivity index (χ1v) is 41.3. The number of hydrogen-bond acceptors (Lipinski definition) is 13. The van der Waals surface area contributed by atoms with Gasteiger partial charge in [0.25, 0.3) is 0 Å². The number of likely N-dealkylation sites (N-methyl/N-ethyl adjacent to an activating group) is 7. The van der Waals surface area contributed by atoms with Crippen molar-refractivity contribution in [1.29, 1.82) is 0 Å². The fourth-order valence-electron chi connectivity index (χ4n) is 18.5. The molecule has 0 aromatic rings. The van der Waals surface area contributed by atoms with Gasteiger partial charge in [-0.05, 0) is 165 Å². The lowest BCUT2D eigenvalue weighted by Gasteiger charge is -2.44. The van der Waals surface area contributed by atoms with Crippen LogP contribution >= 0.6 is 11.6 Å². The third-order valence-corrected chi connectivity index (χ3v) is 26.3. The Bertz CT molecular complexity index is 3140. The molecule has 4 saturated heterocycles. The van der Waals surface area contributed by atoms with E-state index in [4.69, 9.17) is 11.6 Å². The third kappa shape index (κ3) is 21.9. The van der Waals surface area contributed by atoms with Crippen molar-refractivity contribution in [1.82, 2.24) is 65.4 Å². The SMILES string of the molecule is CC[C@H](C)[C@@H]1NC(=O)[C@H](CC(C)C)N(C)C(=O)C[C@@H](C(=O)N2CCCCC2)N(C)C(=O)[C@H](C2CCCCC2)N(C)C(=O)C2(CCCC2)NC(=O)[C@H](CC2CCC(C)NC2)N(C)C(=O)[C@H](CCC2CCC(C(F)(F)F)C(Cl)C2)NC(=O)CN(C)C(=O)[C@H](CC2CCCCC2)N(C)C(=O)[C@@H]2CCN2C(=O)CN(C)C1=O. The molecule has 8 fully saturated rings. The van der Waals surface area contributed by atoms with E-state index in [0.717, 1.165) is 64.2 Å². The van der Waals surface area contributed by atoms with Crippen LogP contribution in [0.25, 0.3) is 0 Å². The molecule has 0 aromatic carbocycles. The van der Waals surface area contributed by atoms with E-state index in [1.165, 1.54) is 81.5 Å². The quantitative estimate of drug-likeness (QED) is 0.133. The van der Waals surface area contributed by atoms with Gasteiger partial charge in [-0.1, -0.05) is 98.3 Å². The summed E-state index contributed by atoms with van der Waals surface area (Å²) < 4.78 is 42.5.